The average Bonchev–Trinajstić information content (AvgIpc) is 3.03. The summed E-state index contributed by atoms with van der Waals surface area (Å²) in [6.07, 6.45) is 4.18. The van der Waals surface area contributed by atoms with Crippen molar-refractivity contribution in [3.05, 3.63) is 35.7 Å². The van der Waals surface area contributed by atoms with E-state index >= 15 is 0 Å². The average molecular weight is 421 g/mol. The number of rotatable bonds is 7. The number of nitrogens with one attached hydrogen (secondary N) is 1. The molecule has 1 N–H and O–H groups in total. The summed E-state index contributed by atoms with van der Waals surface area (Å²) in [4.78, 5) is 16.6. The summed E-state index contributed by atoms with van der Waals surface area (Å²) in [5, 5.41) is 2.89. The molecule has 1 saturated carbocycles. The smallest absolute Gasteiger partial charge is 0.235 e. The highest BCUT2D eigenvalue weighted by atomic mass is 32.2. The fourth-order valence-electron chi connectivity index (χ4n) is 3.68. The molecule has 158 valence electrons. The SMILES string of the molecule is COc1cccc(-c2nc(CS(=O)(=O)CC(=O)N[C@H]3CCCC[C@@H]3C)c(C)o2)c1. The van der Waals surface area contributed by atoms with E-state index in [4.69, 9.17) is 9.15 Å². The Hall–Kier alpha value is -2.35. The van der Waals surface area contributed by atoms with Gasteiger partial charge in [0.2, 0.25) is 11.8 Å². The number of nitrogens with zero attached hydrogens (tertiary/aromatic N) is 1. The van der Waals surface area contributed by atoms with Gasteiger partial charge in [-0.05, 0) is 43.9 Å². The van der Waals surface area contributed by atoms with Gasteiger partial charge >= 0.3 is 0 Å². The Morgan fingerprint density at radius 3 is 2.79 bits per heavy atom. The first-order valence-corrected chi connectivity index (χ1v) is 11.7. The number of sulfone groups is 1. The van der Waals surface area contributed by atoms with Crippen molar-refractivity contribution in [2.24, 2.45) is 5.92 Å². The fraction of sp³-hybridized carbons (Fsp3) is 0.524. The lowest BCUT2D eigenvalue weighted by atomic mass is 9.86. The zero-order valence-electron chi connectivity index (χ0n) is 17.1. The maximum absolute atomic E-state index is 12.6. The van der Waals surface area contributed by atoms with Crippen LogP contribution in [0.15, 0.2) is 28.7 Å². The number of carbonyl (C=O) groups excluding carboxylic acids is 1. The van der Waals surface area contributed by atoms with Gasteiger partial charge in [0.1, 0.15) is 17.3 Å². The van der Waals surface area contributed by atoms with Crippen LogP contribution in [0.4, 0.5) is 0 Å². The number of oxazole rings is 1. The van der Waals surface area contributed by atoms with Crippen molar-refractivity contribution in [1.82, 2.24) is 10.3 Å². The molecule has 7 nitrogen and oxygen atoms in total. The molecule has 0 radical (unpaired) electrons. The van der Waals surface area contributed by atoms with Crippen LogP contribution in [-0.2, 0) is 20.4 Å². The van der Waals surface area contributed by atoms with Crippen LogP contribution in [0.2, 0.25) is 0 Å². The highest BCUT2D eigenvalue weighted by Crippen LogP contribution is 2.26. The van der Waals surface area contributed by atoms with E-state index in [1.807, 2.05) is 6.07 Å². The van der Waals surface area contributed by atoms with Crippen LogP contribution in [0, 0.1) is 12.8 Å². The molecule has 0 bridgehead atoms. The van der Waals surface area contributed by atoms with Gasteiger partial charge in [-0.2, -0.15) is 0 Å². The number of methoxy groups -OCH3 is 1. The first kappa shape index (κ1) is 21.4. The zero-order valence-corrected chi connectivity index (χ0v) is 17.9. The molecule has 1 heterocycles. The molecule has 1 fully saturated rings. The van der Waals surface area contributed by atoms with Gasteiger partial charge in [0, 0.05) is 11.6 Å². The Morgan fingerprint density at radius 1 is 1.31 bits per heavy atom. The van der Waals surface area contributed by atoms with E-state index in [2.05, 4.69) is 17.2 Å². The first-order chi connectivity index (χ1) is 13.8. The number of ether oxygens (including phenoxy) is 1. The molecule has 1 amide bonds. The standard InChI is InChI=1S/C21H28N2O5S/c1-14-7-4-5-10-18(14)22-20(24)13-29(25,26)12-19-15(2)28-21(23-19)16-8-6-9-17(11-16)27-3/h6,8-9,11,14,18H,4-5,7,10,12-13H2,1-3H3,(H,22,24)/t14-,18-/m0/s1. The molecular formula is C21H28N2O5S. The quantitative estimate of drug-likeness (QED) is 0.738. The number of aryl methyl sites for hydroxylation is 1. The third kappa shape index (κ3) is 5.59. The highest BCUT2D eigenvalue weighted by molar-refractivity contribution is 7.91. The summed E-state index contributed by atoms with van der Waals surface area (Å²) in [5.41, 5.74) is 1.02. The van der Waals surface area contributed by atoms with Crippen LogP contribution >= 0.6 is 0 Å². The van der Waals surface area contributed by atoms with Crippen LogP contribution in [0.3, 0.4) is 0 Å². The van der Waals surface area contributed by atoms with Crippen LogP contribution in [0.25, 0.3) is 11.5 Å². The topological polar surface area (TPSA) is 98.5 Å². The lowest BCUT2D eigenvalue weighted by Crippen LogP contribution is -2.43. The van der Waals surface area contributed by atoms with Crippen molar-refractivity contribution in [3.63, 3.8) is 0 Å². The third-order valence-electron chi connectivity index (χ3n) is 5.37. The third-order valence-corrected chi connectivity index (χ3v) is 6.79. The van der Waals surface area contributed by atoms with Gasteiger partial charge in [-0.25, -0.2) is 13.4 Å². The van der Waals surface area contributed by atoms with Gasteiger partial charge in [0.05, 0.1) is 18.6 Å². The van der Waals surface area contributed by atoms with E-state index in [-0.39, 0.29) is 11.8 Å². The second kappa shape index (κ2) is 8.98. The van der Waals surface area contributed by atoms with E-state index in [1.165, 1.54) is 0 Å². The molecule has 0 saturated heterocycles. The number of benzene rings is 1. The van der Waals surface area contributed by atoms with E-state index in [9.17, 15) is 13.2 Å². The van der Waals surface area contributed by atoms with Gasteiger partial charge in [-0.3, -0.25) is 4.79 Å². The molecular weight excluding hydrogens is 392 g/mol. The van der Waals surface area contributed by atoms with Gasteiger partial charge in [-0.15, -0.1) is 0 Å². The molecule has 1 aromatic heterocycles. The Kier molecular flexibility index (Phi) is 6.62. The summed E-state index contributed by atoms with van der Waals surface area (Å²) in [6.45, 7) is 3.77. The lowest BCUT2D eigenvalue weighted by molar-refractivity contribution is -0.119. The molecule has 0 aliphatic heterocycles. The minimum Gasteiger partial charge on any atom is -0.497 e. The molecule has 2 aromatic rings. The summed E-state index contributed by atoms with van der Waals surface area (Å²) >= 11 is 0. The molecule has 8 heteroatoms. The van der Waals surface area contributed by atoms with Gasteiger partial charge in [-0.1, -0.05) is 25.8 Å². The normalized spacial score (nSPS) is 19.7. The predicted octanol–water partition coefficient (Wildman–Crippen LogP) is 3.27. The molecule has 1 aromatic carbocycles. The van der Waals surface area contributed by atoms with Crippen LogP contribution in [-0.4, -0.2) is 38.2 Å². The van der Waals surface area contributed by atoms with E-state index < -0.39 is 21.5 Å². The predicted molar refractivity (Wildman–Crippen MR) is 110 cm³/mol. The Balaban J connectivity index is 1.67. The van der Waals surface area contributed by atoms with Crippen LogP contribution in [0.1, 0.15) is 44.1 Å². The van der Waals surface area contributed by atoms with Crippen LogP contribution < -0.4 is 10.1 Å². The molecule has 1 aliphatic carbocycles. The minimum absolute atomic E-state index is 0.0555. The number of hydrogen-bond acceptors (Lipinski definition) is 6. The minimum atomic E-state index is -3.67. The lowest BCUT2D eigenvalue weighted by Gasteiger charge is -2.29. The number of carbonyl (C=O) groups is 1. The second-order valence-electron chi connectivity index (χ2n) is 7.72. The van der Waals surface area contributed by atoms with Crippen molar-refractivity contribution in [2.45, 2.75) is 51.3 Å². The van der Waals surface area contributed by atoms with Crippen molar-refractivity contribution in [3.8, 4) is 17.2 Å². The van der Waals surface area contributed by atoms with Crippen LogP contribution in [0.5, 0.6) is 5.75 Å². The largest absolute Gasteiger partial charge is 0.497 e. The van der Waals surface area contributed by atoms with Gasteiger partial charge < -0.3 is 14.5 Å². The summed E-state index contributed by atoms with van der Waals surface area (Å²) in [5.74, 6) is 0.453. The van der Waals surface area contributed by atoms with Gasteiger partial charge in [0.15, 0.2) is 9.84 Å². The summed E-state index contributed by atoms with van der Waals surface area (Å²) in [7, 11) is -2.10. The maximum atomic E-state index is 12.6. The van der Waals surface area contributed by atoms with E-state index in [0.29, 0.717) is 34.6 Å². The maximum Gasteiger partial charge on any atom is 0.235 e. The number of hydrogen-bond donors (Lipinski definition) is 1. The molecule has 3 rings (SSSR count). The van der Waals surface area contributed by atoms with Crippen molar-refractivity contribution in [1.29, 1.82) is 0 Å². The highest BCUT2D eigenvalue weighted by Gasteiger charge is 2.26. The molecule has 1 aliphatic rings. The number of aromatic nitrogens is 1. The Bertz CT molecular complexity index is 967. The molecule has 29 heavy (non-hydrogen) atoms. The first-order valence-electron chi connectivity index (χ1n) is 9.88. The molecule has 0 unspecified atom stereocenters. The summed E-state index contributed by atoms with van der Waals surface area (Å²) in [6, 6.07) is 7.24. The molecule has 0 spiro atoms. The van der Waals surface area contributed by atoms with Crippen molar-refractivity contribution < 1.29 is 22.4 Å². The molecule has 2 atom stereocenters. The summed E-state index contributed by atoms with van der Waals surface area (Å²) < 4.78 is 36.0. The second-order valence-corrected chi connectivity index (χ2v) is 9.79. The number of amides is 1. The van der Waals surface area contributed by atoms with Crippen molar-refractivity contribution in [2.75, 3.05) is 12.9 Å². The van der Waals surface area contributed by atoms with Gasteiger partial charge in [0.25, 0.3) is 0 Å². The zero-order chi connectivity index (χ0) is 21.0. The van der Waals surface area contributed by atoms with E-state index in [1.54, 1.807) is 32.2 Å². The fourth-order valence-corrected chi connectivity index (χ4v) is 4.95. The Morgan fingerprint density at radius 2 is 2.07 bits per heavy atom. The Labute approximate surface area is 171 Å². The van der Waals surface area contributed by atoms with Crippen molar-refractivity contribution >= 4 is 15.7 Å². The van der Waals surface area contributed by atoms with E-state index in [0.717, 1.165) is 25.7 Å². The monoisotopic (exact) mass is 420 g/mol.